The van der Waals surface area contributed by atoms with Crippen LogP contribution in [-0.2, 0) is 11.2 Å². The summed E-state index contributed by atoms with van der Waals surface area (Å²) in [4.78, 5) is 1.45. The van der Waals surface area contributed by atoms with Crippen LogP contribution in [0.15, 0.2) is 17.5 Å². The fourth-order valence-corrected chi connectivity index (χ4v) is 3.21. The zero-order chi connectivity index (χ0) is 11.4. The standard InChI is InChI=1S/C13H21NOS/c1-3-14-12(9-11-5-4-8-16-11)13-10(2)6-7-15-13/h4-5,8,10,12-14H,3,6-7,9H2,1-2H3. The first-order valence-corrected chi connectivity index (χ1v) is 7.06. The first kappa shape index (κ1) is 12.1. The summed E-state index contributed by atoms with van der Waals surface area (Å²) >= 11 is 1.84. The molecule has 1 aliphatic rings. The number of rotatable bonds is 5. The van der Waals surface area contributed by atoms with Crippen molar-refractivity contribution in [1.82, 2.24) is 5.32 Å². The lowest BCUT2D eigenvalue weighted by atomic mass is 9.95. The fraction of sp³-hybridized carbons (Fsp3) is 0.692. The summed E-state index contributed by atoms with van der Waals surface area (Å²) in [6, 6.07) is 4.82. The van der Waals surface area contributed by atoms with E-state index in [1.54, 1.807) is 0 Å². The second-order valence-electron chi connectivity index (χ2n) is 4.55. The summed E-state index contributed by atoms with van der Waals surface area (Å²) in [7, 11) is 0. The molecule has 3 unspecified atom stereocenters. The van der Waals surface area contributed by atoms with Gasteiger partial charge in [-0.3, -0.25) is 0 Å². The fourth-order valence-electron chi connectivity index (χ4n) is 2.44. The van der Waals surface area contributed by atoms with E-state index in [0.29, 0.717) is 18.1 Å². The monoisotopic (exact) mass is 239 g/mol. The number of hydrogen-bond acceptors (Lipinski definition) is 3. The van der Waals surface area contributed by atoms with Crippen LogP contribution in [-0.4, -0.2) is 25.3 Å². The molecule has 1 fully saturated rings. The normalized spacial score (nSPS) is 27.1. The van der Waals surface area contributed by atoms with Crippen LogP contribution in [0.4, 0.5) is 0 Å². The lowest BCUT2D eigenvalue weighted by Gasteiger charge is -2.26. The quantitative estimate of drug-likeness (QED) is 0.853. The largest absolute Gasteiger partial charge is 0.376 e. The third-order valence-corrected chi connectivity index (χ3v) is 4.21. The number of thiophene rings is 1. The van der Waals surface area contributed by atoms with Gasteiger partial charge in [0.25, 0.3) is 0 Å². The van der Waals surface area contributed by atoms with Crippen molar-refractivity contribution in [2.24, 2.45) is 5.92 Å². The van der Waals surface area contributed by atoms with Crippen molar-refractivity contribution < 1.29 is 4.74 Å². The van der Waals surface area contributed by atoms with Gasteiger partial charge in [0.1, 0.15) is 0 Å². The topological polar surface area (TPSA) is 21.3 Å². The Kier molecular flexibility index (Phi) is 4.38. The summed E-state index contributed by atoms with van der Waals surface area (Å²) in [5.41, 5.74) is 0. The predicted molar refractivity (Wildman–Crippen MR) is 69.0 cm³/mol. The van der Waals surface area contributed by atoms with Crippen molar-refractivity contribution in [3.05, 3.63) is 22.4 Å². The molecular formula is C13H21NOS. The first-order valence-electron chi connectivity index (χ1n) is 6.18. The Hall–Kier alpha value is -0.380. The van der Waals surface area contributed by atoms with Crippen molar-refractivity contribution in [3.63, 3.8) is 0 Å². The molecule has 0 bridgehead atoms. The number of ether oxygens (including phenoxy) is 1. The van der Waals surface area contributed by atoms with Crippen molar-refractivity contribution in [3.8, 4) is 0 Å². The molecule has 3 heteroatoms. The summed E-state index contributed by atoms with van der Waals surface area (Å²) in [6.45, 7) is 6.41. The minimum absolute atomic E-state index is 0.391. The van der Waals surface area contributed by atoms with Crippen LogP contribution >= 0.6 is 11.3 Å². The molecule has 1 aliphatic heterocycles. The molecule has 0 radical (unpaired) electrons. The number of nitrogens with one attached hydrogen (secondary N) is 1. The molecule has 90 valence electrons. The van der Waals surface area contributed by atoms with E-state index >= 15 is 0 Å². The summed E-state index contributed by atoms with van der Waals surface area (Å²) in [5, 5.41) is 5.72. The van der Waals surface area contributed by atoms with Crippen LogP contribution in [0, 0.1) is 5.92 Å². The van der Waals surface area contributed by atoms with Crippen molar-refractivity contribution >= 4 is 11.3 Å². The molecular weight excluding hydrogens is 218 g/mol. The van der Waals surface area contributed by atoms with Gasteiger partial charge >= 0.3 is 0 Å². The zero-order valence-electron chi connectivity index (χ0n) is 10.1. The Morgan fingerprint density at radius 3 is 3.06 bits per heavy atom. The smallest absolute Gasteiger partial charge is 0.0757 e. The van der Waals surface area contributed by atoms with Gasteiger partial charge in [0.05, 0.1) is 6.10 Å². The van der Waals surface area contributed by atoms with Crippen LogP contribution in [0.2, 0.25) is 0 Å². The van der Waals surface area contributed by atoms with Crippen molar-refractivity contribution in [1.29, 1.82) is 0 Å². The summed E-state index contributed by atoms with van der Waals surface area (Å²) in [6.07, 6.45) is 2.69. The van der Waals surface area contributed by atoms with Gasteiger partial charge in [-0.05, 0) is 36.8 Å². The van der Waals surface area contributed by atoms with E-state index in [9.17, 15) is 0 Å². The Bertz CT molecular complexity index is 299. The molecule has 1 aromatic rings. The highest BCUT2D eigenvalue weighted by molar-refractivity contribution is 7.09. The van der Waals surface area contributed by atoms with E-state index in [1.165, 1.54) is 11.3 Å². The van der Waals surface area contributed by atoms with E-state index in [1.807, 2.05) is 11.3 Å². The van der Waals surface area contributed by atoms with Gasteiger partial charge in [-0.15, -0.1) is 11.3 Å². The van der Waals surface area contributed by atoms with Gasteiger partial charge in [-0.2, -0.15) is 0 Å². The summed E-state index contributed by atoms with van der Waals surface area (Å²) in [5.74, 6) is 0.684. The third kappa shape index (κ3) is 2.84. The third-order valence-electron chi connectivity index (χ3n) is 3.31. The second kappa shape index (κ2) is 5.80. The Balaban J connectivity index is 1.99. The average molecular weight is 239 g/mol. The molecule has 1 aromatic heterocycles. The molecule has 2 nitrogen and oxygen atoms in total. The molecule has 16 heavy (non-hydrogen) atoms. The van der Waals surface area contributed by atoms with Gasteiger partial charge in [-0.1, -0.05) is 19.9 Å². The molecule has 0 spiro atoms. The molecule has 0 aromatic carbocycles. The highest BCUT2D eigenvalue weighted by Gasteiger charge is 2.31. The molecule has 0 amide bonds. The van der Waals surface area contributed by atoms with Crippen LogP contribution in [0.1, 0.15) is 25.1 Å². The Labute approximate surface area is 102 Å². The van der Waals surface area contributed by atoms with Crippen LogP contribution in [0.5, 0.6) is 0 Å². The van der Waals surface area contributed by atoms with E-state index in [-0.39, 0.29) is 0 Å². The second-order valence-corrected chi connectivity index (χ2v) is 5.58. The van der Waals surface area contributed by atoms with Gasteiger partial charge in [-0.25, -0.2) is 0 Å². The minimum atomic E-state index is 0.391. The van der Waals surface area contributed by atoms with Gasteiger partial charge < -0.3 is 10.1 Å². The summed E-state index contributed by atoms with van der Waals surface area (Å²) < 4.78 is 5.87. The highest BCUT2D eigenvalue weighted by Crippen LogP contribution is 2.25. The van der Waals surface area contributed by atoms with Crippen molar-refractivity contribution in [2.75, 3.05) is 13.2 Å². The van der Waals surface area contributed by atoms with E-state index < -0.39 is 0 Å². The maximum atomic E-state index is 5.87. The van der Waals surface area contributed by atoms with Gasteiger partial charge in [0.15, 0.2) is 0 Å². The average Bonchev–Trinajstić information content (AvgIpc) is 2.88. The van der Waals surface area contributed by atoms with E-state index in [0.717, 1.165) is 19.6 Å². The lowest BCUT2D eigenvalue weighted by Crippen LogP contribution is -2.43. The zero-order valence-corrected chi connectivity index (χ0v) is 10.9. The Morgan fingerprint density at radius 2 is 2.50 bits per heavy atom. The Morgan fingerprint density at radius 1 is 1.62 bits per heavy atom. The van der Waals surface area contributed by atoms with Crippen LogP contribution in [0.25, 0.3) is 0 Å². The number of hydrogen-bond donors (Lipinski definition) is 1. The van der Waals surface area contributed by atoms with Crippen LogP contribution < -0.4 is 5.32 Å². The molecule has 0 aliphatic carbocycles. The maximum absolute atomic E-state index is 5.87. The molecule has 1 saturated heterocycles. The van der Waals surface area contributed by atoms with Crippen LogP contribution in [0.3, 0.4) is 0 Å². The lowest BCUT2D eigenvalue weighted by molar-refractivity contribution is 0.0617. The van der Waals surface area contributed by atoms with E-state index in [2.05, 4.69) is 36.7 Å². The van der Waals surface area contributed by atoms with Gasteiger partial charge in [0.2, 0.25) is 0 Å². The van der Waals surface area contributed by atoms with E-state index in [4.69, 9.17) is 4.74 Å². The van der Waals surface area contributed by atoms with Gasteiger partial charge in [0, 0.05) is 17.5 Å². The molecule has 3 atom stereocenters. The highest BCUT2D eigenvalue weighted by atomic mass is 32.1. The molecule has 2 heterocycles. The SMILES string of the molecule is CCNC(Cc1cccs1)C1OCCC1C. The predicted octanol–water partition coefficient (Wildman–Crippen LogP) is 2.69. The maximum Gasteiger partial charge on any atom is 0.0757 e. The minimum Gasteiger partial charge on any atom is -0.376 e. The van der Waals surface area contributed by atoms with Crippen molar-refractivity contribution in [2.45, 2.75) is 38.8 Å². The molecule has 1 N–H and O–H groups in total. The molecule has 0 saturated carbocycles. The molecule has 2 rings (SSSR count). The number of likely N-dealkylation sites (N-methyl/N-ethyl adjacent to an activating group) is 1. The first-order chi connectivity index (χ1) is 7.81.